The molecule has 1 aromatic carbocycles. The second-order valence-corrected chi connectivity index (χ2v) is 12.0. The maximum atomic E-state index is 13.7. The van der Waals surface area contributed by atoms with Crippen LogP contribution in [-0.4, -0.2) is 49.6 Å². The van der Waals surface area contributed by atoms with Crippen molar-refractivity contribution in [1.82, 2.24) is 29.0 Å². The molecule has 1 amide bonds. The number of aryl methyl sites for hydroxylation is 3. The first-order valence-corrected chi connectivity index (χ1v) is 15.6. The van der Waals surface area contributed by atoms with Gasteiger partial charge in [-0.05, 0) is 75.8 Å². The Morgan fingerprint density at radius 3 is 2.48 bits per heavy atom. The highest BCUT2D eigenvalue weighted by molar-refractivity contribution is 7.97. The lowest BCUT2D eigenvalue weighted by Gasteiger charge is -2.34. The molecule has 1 unspecified atom stereocenters. The second-order valence-electron chi connectivity index (χ2n) is 11.0. The van der Waals surface area contributed by atoms with Crippen molar-refractivity contribution >= 4 is 52.0 Å². The average Bonchev–Trinajstić information content (AvgIpc) is 3.22. The number of carbonyl (C=O) groups is 1. The van der Waals surface area contributed by atoms with Crippen LogP contribution >= 0.6 is 23.5 Å². The maximum Gasteiger partial charge on any atom is 0.281 e. The number of carbonyl (C=O) groups excluding carboxylic acids is 1. The largest absolute Gasteiger partial charge is 0.377 e. The Labute approximate surface area is 255 Å². The number of piperidine rings is 1. The number of fused-ring (bicyclic) bond motifs is 1. The Morgan fingerprint density at radius 2 is 1.83 bits per heavy atom. The number of pyridine rings is 1. The number of aromatic nitrogens is 5. The van der Waals surface area contributed by atoms with E-state index in [1.807, 2.05) is 37.7 Å². The standard InChI is InChI=1S/C30H37ClN8O2S/c1-16-14-21(17(2)32-23-8-9-24(31)33-27(23)28(40)36-42-7)26-22(15-16)29(41)37(5)30(34-26)39-12-10-20(11-13-39)25-18(3)35-38(6)19(25)4/h8-9,14-15,17,20,32H,10-13H2,1-7H3,(H,36,40). The van der Waals surface area contributed by atoms with Gasteiger partial charge < -0.3 is 10.2 Å². The van der Waals surface area contributed by atoms with Crippen molar-refractivity contribution < 1.29 is 4.79 Å². The molecule has 12 heteroatoms. The van der Waals surface area contributed by atoms with Crippen LogP contribution in [0.2, 0.25) is 5.15 Å². The lowest BCUT2D eigenvalue weighted by atomic mass is 9.88. The van der Waals surface area contributed by atoms with Gasteiger partial charge in [0.1, 0.15) is 5.15 Å². The summed E-state index contributed by atoms with van der Waals surface area (Å²) in [4.78, 5) is 38.0. The molecule has 0 radical (unpaired) electrons. The summed E-state index contributed by atoms with van der Waals surface area (Å²) >= 11 is 7.31. The molecule has 1 fully saturated rings. The van der Waals surface area contributed by atoms with Crippen molar-refractivity contribution in [1.29, 1.82) is 0 Å². The van der Waals surface area contributed by atoms with Crippen molar-refractivity contribution in [3.8, 4) is 0 Å². The van der Waals surface area contributed by atoms with Gasteiger partial charge >= 0.3 is 0 Å². The van der Waals surface area contributed by atoms with E-state index in [0.717, 1.165) is 42.8 Å². The summed E-state index contributed by atoms with van der Waals surface area (Å²) in [5, 5.41) is 8.84. The van der Waals surface area contributed by atoms with Gasteiger partial charge in [-0.15, -0.1) is 0 Å². The molecule has 0 saturated carbocycles. The molecule has 0 bridgehead atoms. The Morgan fingerprint density at radius 1 is 1.12 bits per heavy atom. The number of nitrogens with one attached hydrogen (secondary N) is 2. The van der Waals surface area contributed by atoms with Gasteiger partial charge in [-0.2, -0.15) is 5.10 Å². The predicted octanol–water partition coefficient (Wildman–Crippen LogP) is 5.21. The smallest absolute Gasteiger partial charge is 0.281 e. The minimum absolute atomic E-state index is 0.0820. The molecule has 5 rings (SSSR count). The first-order valence-electron chi connectivity index (χ1n) is 14.0. The monoisotopic (exact) mass is 608 g/mol. The van der Waals surface area contributed by atoms with Crippen LogP contribution in [0.5, 0.6) is 0 Å². The van der Waals surface area contributed by atoms with Crippen LogP contribution in [0.1, 0.15) is 70.3 Å². The van der Waals surface area contributed by atoms with Crippen molar-refractivity contribution in [2.24, 2.45) is 14.1 Å². The second kappa shape index (κ2) is 12.0. The molecule has 222 valence electrons. The summed E-state index contributed by atoms with van der Waals surface area (Å²) in [6, 6.07) is 7.04. The number of anilines is 2. The molecule has 0 spiro atoms. The third kappa shape index (κ3) is 5.59. The lowest BCUT2D eigenvalue weighted by molar-refractivity contribution is 0.0980. The van der Waals surface area contributed by atoms with Gasteiger partial charge in [0.15, 0.2) is 5.69 Å². The Kier molecular flexibility index (Phi) is 8.52. The molecule has 4 heterocycles. The Hall–Kier alpha value is -3.57. The molecule has 4 aromatic rings. The van der Waals surface area contributed by atoms with E-state index in [9.17, 15) is 9.59 Å². The van der Waals surface area contributed by atoms with E-state index in [1.165, 1.54) is 23.2 Å². The van der Waals surface area contributed by atoms with Crippen molar-refractivity contribution in [2.75, 3.05) is 29.6 Å². The topological polar surface area (TPSA) is 110 Å². The quantitative estimate of drug-likeness (QED) is 0.217. The molecule has 0 aliphatic carbocycles. The normalized spacial score (nSPS) is 14.8. The lowest BCUT2D eigenvalue weighted by Crippen LogP contribution is -2.38. The van der Waals surface area contributed by atoms with Gasteiger partial charge in [-0.25, -0.2) is 9.97 Å². The van der Waals surface area contributed by atoms with Crippen LogP contribution in [0, 0.1) is 20.8 Å². The van der Waals surface area contributed by atoms with Gasteiger partial charge in [-0.1, -0.05) is 29.6 Å². The van der Waals surface area contributed by atoms with E-state index in [-0.39, 0.29) is 28.4 Å². The van der Waals surface area contributed by atoms with E-state index in [1.54, 1.807) is 30.0 Å². The molecular weight excluding hydrogens is 572 g/mol. The fraction of sp³-hybridized carbons (Fsp3) is 0.433. The molecule has 1 aliphatic heterocycles. The van der Waals surface area contributed by atoms with Crippen LogP contribution in [0.4, 0.5) is 11.6 Å². The SMILES string of the molecule is CSNC(=O)c1nc(Cl)ccc1NC(C)c1cc(C)cc2c(=O)n(C)c(N3CCC(c4c(C)nn(C)c4C)CC3)nc12. The summed E-state index contributed by atoms with van der Waals surface area (Å²) in [7, 11) is 3.79. The summed E-state index contributed by atoms with van der Waals surface area (Å²) in [6.45, 7) is 9.76. The van der Waals surface area contributed by atoms with Gasteiger partial charge in [-0.3, -0.25) is 23.6 Å². The molecule has 1 saturated heterocycles. The van der Waals surface area contributed by atoms with E-state index >= 15 is 0 Å². The molecule has 3 aromatic heterocycles. The maximum absolute atomic E-state index is 13.7. The first kappa shape index (κ1) is 29.9. The van der Waals surface area contributed by atoms with E-state index in [4.69, 9.17) is 16.6 Å². The minimum atomic E-state index is -0.344. The number of benzene rings is 1. The Balaban J connectivity index is 1.49. The highest BCUT2D eigenvalue weighted by Crippen LogP contribution is 2.34. The fourth-order valence-corrected chi connectivity index (χ4v) is 6.51. The van der Waals surface area contributed by atoms with Gasteiger partial charge in [0, 0.05) is 44.7 Å². The third-order valence-corrected chi connectivity index (χ3v) is 8.79. The molecule has 2 N–H and O–H groups in total. The molecular formula is C30H37ClN8O2S. The number of hydrogen-bond donors (Lipinski definition) is 2. The van der Waals surface area contributed by atoms with Crippen LogP contribution in [0.3, 0.4) is 0 Å². The zero-order chi connectivity index (χ0) is 30.3. The molecule has 42 heavy (non-hydrogen) atoms. The molecule has 10 nitrogen and oxygen atoms in total. The third-order valence-electron chi connectivity index (χ3n) is 8.19. The van der Waals surface area contributed by atoms with E-state index in [0.29, 0.717) is 28.5 Å². The van der Waals surface area contributed by atoms with Crippen LogP contribution in [-0.2, 0) is 14.1 Å². The average molecular weight is 609 g/mol. The van der Waals surface area contributed by atoms with Gasteiger partial charge in [0.05, 0.1) is 28.3 Å². The van der Waals surface area contributed by atoms with Crippen molar-refractivity contribution in [3.63, 3.8) is 0 Å². The fourth-order valence-electron chi connectivity index (χ4n) is 6.08. The summed E-state index contributed by atoms with van der Waals surface area (Å²) in [5.74, 6) is 0.750. The van der Waals surface area contributed by atoms with Gasteiger partial charge in [0.2, 0.25) is 5.95 Å². The molecule has 1 aliphatic rings. The number of amides is 1. The molecule has 1 atom stereocenters. The predicted molar refractivity (Wildman–Crippen MR) is 171 cm³/mol. The summed E-state index contributed by atoms with van der Waals surface area (Å²) < 4.78 is 6.34. The van der Waals surface area contributed by atoms with Crippen LogP contribution in [0.15, 0.2) is 29.1 Å². The highest BCUT2D eigenvalue weighted by Gasteiger charge is 2.28. The van der Waals surface area contributed by atoms with Crippen LogP contribution < -0.4 is 20.5 Å². The zero-order valence-electron chi connectivity index (χ0n) is 25.1. The summed E-state index contributed by atoms with van der Waals surface area (Å²) in [6.07, 6.45) is 3.69. The number of nitrogens with zero attached hydrogens (tertiary/aromatic N) is 6. The first-order chi connectivity index (χ1) is 20.0. The Bertz CT molecular complexity index is 1730. The number of hydrogen-bond acceptors (Lipinski definition) is 8. The minimum Gasteiger partial charge on any atom is -0.377 e. The van der Waals surface area contributed by atoms with Crippen LogP contribution in [0.25, 0.3) is 10.9 Å². The number of rotatable bonds is 7. The highest BCUT2D eigenvalue weighted by atomic mass is 35.5. The summed E-state index contributed by atoms with van der Waals surface area (Å²) in [5.41, 5.74) is 6.79. The zero-order valence-corrected chi connectivity index (χ0v) is 26.7. The van der Waals surface area contributed by atoms with Crippen molar-refractivity contribution in [3.05, 3.63) is 73.5 Å². The van der Waals surface area contributed by atoms with Gasteiger partial charge in [0.25, 0.3) is 11.5 Å². The van der Waals surface area contributed by atoms with Crippen molar-refractivity contribution in [2.45, 2.75) is 52.5 Å². The van der Waals surface area contributed by atoms with E-state index < -0.39 is 0 Å². The van der Waals surface area contributed by atoms with E-state index in [2.05, 4.69) is 38.9 Å². The number of halogens is 1.